The van der Waals surface area contributed by atoms with E-state index in [4.69, 9.17) is 10.1 Å². The van der Waals surface area contributed by atoms with Gasteiger partial charge in [-0.1, -0.05) is 32.0 Å². The highest BCUT2D eigenvalue weighted by Gasteiger charge is 2.33. The van der Waals surface area contributed by atoms with Crippen molar-refractivity contribution in [3.63, 3.8) is 0 Å². The molecule has 7 nitrogen and oxygen atoms in total. The molecule has 4 aromatic heterocycles. The minimum Gasteiger partial charge on any atom is -0.360 e. The normalized spacial score (nSPS) is 13.8. The van der Waals surface area contributed by atoms with Crippen molar-refractivity contribution in [2.24, 2.45) is 0 Å². The predicted molar refractivity (Wildman–Crippen MR) is 139 cm³/mol. The first-order chi connectivity index (χ1) is 18.4. The second kappa shape index (κ2) is 9.27. The lowest BCUT2D eigenvalue weighted by Gasteiger charge is -2.27. The summed E-state index contributed by atoms with van der Waals surface area (Å²) in [4.78, 5) is 18.1. The summed E-state index contributed by atoms with van der Waals surface area (Å²) in [6, 6.07) is 12.3. The van der Waals surface area contributed by atoms with Crippen molar-refractivity contribution in [2.75, 3.05) is 11.4 Å². The summed E-state index contributed by atoms with van der Waals surface area (Å²) in [7, 11) is 0. The fraction of sp³-hybridized carbons (Fsp3) is 0.286. The van der Waals surface area contributed by atoms with E-state index in [1.165, 1.54) is 11.1 Å². The van der Waals surface area contributed by atoms with Crippen molar-refractivity contribution in [2.45, 2.75) is 45.8 Å². The minimum absolute atomic E-state index is 0.264. The number of pyridine rings is 1. The van der Waals surface area contributed by atoms with Crippen LogP contribution >= 0.6 is 0 Å². The molecular formula is C28H26F3N7. The lowest BCUT2D eigenvalue weighted by atomic mass is 10.0. The van der Waals surface area contributed by atoms with Crippen LogP contribution in [0.1, 0.15) is 41.8 Å². The van der Waals surface area contributed by atoms with Crippen molar-refractivity contribution in [1.29, 1.82) is 0 Å². The van der Waals surface area contributed by atoms with Gasteiger partial charge in [-0.05, 0) is 42.2 Å². The van der Waals surface area contributed by atoms with Crippen LogP contribution in [-0.4, -0.2) is 36.3 Å². The van der Waals surface area contributed by atoms with Crippen molar-refractivity contribution in [3.8, 4) is 17.1 Å². The molecule has 0 aliphatic carbocycles. The maximum absolute atomic E-state index is 13.1. The summed E-state index contributed by atoms with van der Waals surface area (Å²) < 4.78 is 41.2. The monoisotopic (exact) mass is 517 g/mol. The Hall–Kier alpha value is -4.21. The molecule has 0 spiro atoms. The van der Waals surface area contributed by atoms with Crippen molar-refractivity contribution in [3.05, 3.63) is 82.9 Å². The maximum Gasteiger partial charge on any atom is 0.419 e. The highest BCUT2D eigenvalue weighted by Crippen LogP contribution is 2.36. The summed E-state index contributed by atoms with van der Waals surface area (Å²) in [5.74, 6) is 0.264. The summed E-state index contributed by atoms with van der Waals surface area (Å²) in [5.41, 5.74) is 7.98. The van der Waals surface area contributed by atoms with Crippen LogP contribution in [-0.2, 0) is 32.0 Å². The number of anilines is 1. The highest BCUT2D eigenvalue weighted by atomic mass is 19.4. The molecule has 1 aliphatic heterocycles. The van der Waals surface area contributed by atoms with Gasteiger partial charge in [0.15, 0.2) is 0 Å². The number of alkyl halides is 3. The molecule has 38 heavy (non-hydrogen) atoms. The maximum atomic E-state index is 13.1. The number of rotatable bonds is 5. The van der Waals surface area contributed by atoms with Crippen LogP contribution in [0.3, 0.4) is 0 Å². The van der Waals surface area contributed by atoms with E-state index in [1.807, 2.05) is 34.0 Å². The lowest BCUT2D eigenvalue weighted by Crippen LogP contribution is -2.31. The first-order valence-electron chi connectivity index (χ1n) is 12.7. The van der Waals surface area contributed by atoms with Crippen LogP contribution in [0.15, 0.2) is 55.0 Å². The average Bonchev–Trinajstić information content (AvgIpc) is 3.55. The highest BCUT2D eigenvalue weighted by molar-refractivity contribution is 5.79. The molecule has 0 atom stereocenters. The molecule has 5 heterocycles. The molecule has 0 saturated carbocycles. The Morgan fingerprint density at radius 1 is 0.974 bits per heavy atom. The van der Waals surface area contributed by atoms with Gasteiger partial charge in [0.25, 0.3) is 0 Å². The Bertz CT molecular complexity index is 1590. The number of aryl methyl sites for hydroxylation is 2. The third-order valence-corrected chi connectivity index (χ3v) is 7.11. The summed E-state index contributed by atoms with van der Waals surface area (Å²) in [6.07, 6.45) is 1.38. The smallest absolute Gasteiger partial charge is 0.360 e. The van der Waals surface area contributed by atoms with Crippen LogP contribution in [0, 0.1) is 0 Å². The molecule has 0 fully saturated rings. The van der Waals surface area contributed by atoms with Crippen molar-refractivity contribution in [1.82, 2.24) is 29.7 Å². The molecular weight excluding hydrogens is 491 g/mol. The van der Waals surface area contributed by atoms with Crippen LogP contribution < -0.4 is 4.90 Å². The van der Waals surface area contributed by atoms with Crippen LogP contribution in [0.4, 0.5) is 19.1 Å². The van der Waals surface area contributed by atoms with Gasteiger partial charge in [0, 0.05) is 43.7 Å². The topological polar surface area (TPSA) is 75.5 Å². The first kappa shape index (κ1) is 24.1. The number of para-hydroxylation sites is 1. The number of aromatic amines is 1. The zero-order valence-corrected chi connectivity index (χ0v) is 21.0. The second-order valence-electron chi connectivity index (χ2n) is 9.37. The minimum atomic E-state index is -4.48. The van der Waals surface area contributed by atoms with Gasteiger partial charge >= 0.3 is 6.18 Å². The van der Waals surface area contributed by atoms with E-state index in [1.54, 1.807) is 0 Å². The van der Waals surface area contributed by atoms with Gasteiger partial charge in [-0.2, -0.15) is 18.3 Å². The van der Waals surface area contributed by atoms with Gasteiger partial charge in [-0.25, -0.2) is 19.6 Å². The molecule has 6 rings (SSSR count). The Morgan fingerprint density at radius 2 is 1.71 bits per heavy atom. The Morgan fingerprint density at radius 3 is 2.39 bits per heavy atom. The van der Waals surface area contributed by atoms with Gasteiger partial charge in [0.05, 0.1) is 39.4 Å². The summed E-state index contributed by atoms with van der Waals surface area (Å²) in [6.45, 7) is 5.23. The number of benzene rings is 1. The van der Waals surface area contributed by atoms with Crippen LogP contribution in [0.5, 0.6) is 0 Å². The first-order valence-corrected chi connectivity index (χ1v) is 12.7. The van der Waals surface area contributed by atoms with Crippen LogP contribution in [0.2, 0.25) is 0 Å². The largest absolute Gasteiger partial charge is 0.419 e. The number of nitrogens with zero attached hydrogens (tertiary/aromatic N) is 6. The van der Waals surface area contributed by atoms with E-state index in [0.717, 1.165) is 64.6 Å². The SMILES string of the molecule is CCc1cccc(CC)c1-n1nc2c(c1-c1ccc3[nH]ccc3n1)CN(c1ncc(C(F)(F)F)cn1)CC2. The molecule has 1 aliphatic rings. The number of fused-ring (bicyclic) bond motifs is 2. The molecule has 0 bridgehead atoms. The van der Waals surface area contributed by atoms with E-state index < -0.39 is 11.7 Å². The predicted octanol–water partition coefficient (Wildman–Crippen LogP) is 5.91. The molecule has 0 amide bonds. The van der Waals surface area contributed by atoms with E-state index in [-0.39, 0.29) is 5.95 Å². The summed E-state index contributed by atoms with van der Waals surface area (Å²) >= 11 is 0. The number of nitrogens with one attached hydrogen (secondary N) is 1. The van der Waals surface area contributed by atoms with E-state index in [9.17, 15) is 13.2 Å². The number of hydrogen-bond acceptors (Lipinski definition) is 5. The third kappa shape index (κ3) is 4.09. The molecule has 0 unspecified atom stereocenters. The Labute approximate surface area is 217 Å². The summed E-state index contributed by atoms with van der Waals surface area (Å²) in [5, 5.41) is 5.11. The number of aromatic nitrogens is 6. The molecule has 1 aromatic carbocycles. The molecule has 0 saturated heterocycles. The fourth-order valence-electron chi connectivity index (χ4n) is 5.15. The van der Waals surface area contributed by atoms with E-state index in [2.05, 4.69) is 47.0 Å². The van der Waals surface area contributed by atoms with Gasteiger partial charge in [0.1, 0.15) is 0 Å². The molecule has 10 heteroatoms. The Kier molecular flexibility index (Phi) is 5.89. The van der Waals surface area contributed by atoms with E-state index >= 15 is 0 Å². The van der Waals surface area contributed by atoms with Gasteiger partial charge in [-0.3, -0.25) is 0 Å². The molecule has 1 N–H and O–H groups in total. The third-order valence-electron chi connectivity index (χ3n) is 7.11. The molecule has 194 valence electrons. The zero-order chi connectivity index (χ0) is 26.4. The van der Waals surface area contributed by atoms with Gasteiger partial charge < -0.3 is 9.88 Å². The quantitative estimate of drug-likeness (QED) is 0.314. The van der Waals surface area contributed by atoms with Gasteiger partial charge in [-0.15, -0.1) is 0 Å². The number of H-pyrrole nitrogens is 1. The lowest BCUT2D eigenvalue weighted by molar-refractivity contribution is -0.138. The van der Waals surface area contributed by atoms with Crippen molar-refractivity contribution < 1.29 is 13.2 Å². The molecule has 5 aromatic rings. The number of halogens is 3. The fourth-order valence-corrected chi connectivity index (χ4v) is 5.15. The Balaban J connectivity index is 1.51. The number of hydrogen-bond donors (Lipinski definition) is 1. The average molecular weight is 518 g/mol. The van der Waals surface area contributed by atoms with Crippen molar-refractivity contribution >= 4 is 17.0 Å². The zero-order valence-electron chi connectivity index (χ0n) is 21.0. The second-order valence-corrected chi connectivity index (χ2v) is 9.37. The molecule has 0 radical (unpaired) electrons. The standard InChI is InChI=1S/C28H26F3N7/c1-3-17-6-5-7-18(4-2)25(17)38-26(24-9-8-22-23(35-24)10-12-32-22)20-16-37(13-11-21(20)36-38)27-33-14-19(15-34-27)28(29,30)31/h5-10,12,14-15,32H,3-4,11,13,16H2,1-2H3. The van der Waals surface area contributed by atoms with Crippen LogP contribution in [0.25, 0.3) is 28.1 Å². The van der Waals surface area contributed by atoms with Gasteiger partial charge in [0.2, 0.25) is 5.95 Å². The van der Waals surface area contributed by atoms with E-state index in [0.29, 0.717) is 19.5 Å².